The van der Waals surface area contributed by atoms with Crippen LogP contribution in [0.4, 0.5) is 0 Å². The van der Waals surface area contributed by atoms with E-state index in [4.69, 9.17) is 11.5 Å². The molecule has 2 aliphatic rings. The number of fused-ring (bicyclic) bond motifs is 2. The third-order valence-electron chi connectivity index (χ3n) is 4.33. The summed E-state index contributed by atoms with van der Waals surface area (Å²) in [6.07, 6.45) is 9.42. The smallest absolute Gasteiger partial charge is 0.00699 e. The highest BCUT2D eigenvalue weighted by Gasteiger charge is 2.41. The van der Waals surface area contributed by atoms with E-state index in [0.717, 1.165) is 30.7 Å². The van der Waals surface area contributed by atoms with E-state index in [2.05, 4.69) is 0 Å². The molecule has 2 aliphatic carbocycles. The molecule has 2 nitrogen and oxygen atoms in total. The molecule has 2 heteroatoms. The highest BCUT2D eigenvalue weighted by Crippen LogP contribution is 2.49. The first-order valence-corrected chi connectivity index (χ1v) is 6.27. The maximum Gasteiger partial charge on any atom is 0.00699 e. The van der Waals surface area contributed by atoms with Crippen molar-refractivity contribution in [1.82, 2.24) is 0 Å². The summed E-state index contributed by atoms with van der Waals surface area (Å²) < 4.78 is 0. The number of nitrogens with two attached hydrogens (primary N) is 2. The number of unbranched alkanes of at least 4 members (excludes halogenated alkanes) is 1. The molecule has 0 saturated heterocycles. The first-order chi connectivity index (χ1) is 6.81. The van der Waals surface area contributed by atoms with Gasteiger partial charge in [-0.3, -0.25) is 0 Å². The molecule has 4 unspecified atom stereocenters. The van der Waals surface area contributed by atoms with Gasteiger partial charge in [-0.1, -0.05) is 12.8 Å². The van der Waals surface area contributed by atoms with Crippen LogP contribution in [0.2, 0.25) is 0 Å². The summed E-state index contributed by atoms with van der Waals surface area (Å²) in [5.41, 5.74) is 11.8. The molecule has 2 saturated carbocycles. The van der Waals surface area contributed by atoms with Crippen molar-refractivity contribution in [1.29, 1.82) is 0 Å². The Morgan fingerprint density at radius 2 is 2.00 bits per heavy atom. The Labute approximate surface area is 87.4 Å². The van der Waals surface area contributed by atoms with Crippen LogP contribution < -0.4 is 11.5 Å². The first kappa shape index (κ1) is 10.4. The molecular formula is C12H24N2. The Morgan fingerprint density at radius 3 is 2.57 bits per heavy atom. The maximum absolute atomic E-state index is 6.27. The molecule has 4 N–H and O–H groups in total. The van der Waals surface area contributed by atoms with Gasteiger partial charge in [0.1, 0.15) is 0 Å². The highest BCUT2D eigenvalue weighted by atomic mass is 14.7. The van der Waals surface area contributed by atoms with Gasteiger partial charge in [0, 0.05) is 6.04 Å². The van der Waals surface area contributed by atoms with Crippen molar-refractivity contribution in [2.75, 3.05) is 6.54 Å². The molecule has 0 aromatic heterocycles. The second-order valence-electron chi connectivity index (χ2n) is 5.29. The van der Waals surface area contributed by atoms with Crippen LogP contribution in [0.5, 0.6) is 0 Å². The highest BCUT2D eigenvalue weighted by molar-refractivity contribution is 4.94. The normalized spacial score (nSPS) is 37.7. The van der Waals surface area contributed by atoms with E-state index in [1.165, 1.54) is 38.5 Å². The van der Waals surface area contributed by atoms with Crippen LogP contribution >= 0.6 is 0 Å². The minimum Gasteiger partial charge on any atom is -0.330 e. The largest absolute Gasteiger partial charge is 0.330 e. The van der Waals surface area contributed by atoms with Gasteiger partial charge >= 0.3 is 0 Å². The van der Waals surface area contributed by atoms with E-state index in [0.29, 0.717) is 6.04 Å². The minimum atomic E-state index is 0.469. The van der Waals surface area contributed by atoms with Gasteiger partial charge in [0.05, 0.1) is 0 Å². The van der Waals surface area contributed by atoms with E-state index in [-0.39, 0.29) is 0 Å². The standard InChI is InChI=1S/C12H24N2/c13-6-2-1-3-12(14)11-8-9-4-5-10(11)7-9/h9-12H,1-8,13-14H2. The van der Waals surface area contributed by atoms with E-state index < -0.39 is 0 Å². The van der Waals surface area contributed by atoms with Crippen LogP contribution in [0.15, 0.2) is 0 Å². The SMILES string of the molecule is NCCCCC(N)C1CC2CCC1C2. The maximum atomic E-state index is 6.27. The van der Waals surface area contributed by atoms with Crippen LogP contribution in [-0.4, -0.2) is 12.6 Å². The zero-order valence-corrected chi connectivity index (χ0v) is 9.12. The van der Waals surface area contributed by atoms with Crippen molar-refractivity contribution in [3.8, 4) is 0 Å². The fourth-order valence-electron chi connectivity index (χ4n) is 3.56. The Morgan fingerprint density at radius 1 is 1.14 bits per heavy atom. The van der Waals surface area contributed by atoms with E-state index >= 15 is 0 Å². The Balaban J connectivity index is 1.72. The summed E-state index contributed by atoms with van der Waals surface area (Å²) in [4.78, 5) is 0. The van der Waals surface area contributed by atoms with Crippen LogP contribution in [0.1, 0.15) is 44.9 Å². The summed E-state index contributed by atoms with van der Waals surface area (Å²) in [7, 11) is 0. The summed E-state index contributed by atoms with van der Waals surface area (Å²) in [6, 6.07) is 0.469. The van der Waals surface area contributed by atoms with Gasteiger partial charge in [0.15, 0.2) is 0 Å². The summed E-state index contributed by atoms with van der Waals surface area (Å²) in [5.74, 6) is 2.87. The Bertz CT molecular complexity index is 181. The summed E-state index contributed by atoms with van der Waals surface area (Å²) >= 11 is 0. The third-order valence-corrected chi connectivity index (χ3v) is 4.33. The molecule has 4 atom stereocenters. The molecular weight excluding hydrogens is 172 g/mol. The number of rotatable bonds is 5. The van der Waals surface area contributed by atoms with Gasteiger partial charge in [-0.25, -0.2) is 0 Å². The van der Waals surface area contributed by atoms with Crippen LogP contribution in [-0.2, 0) is 0 Å². The quantitative estimate of drug-likeness (QED) is 0.660. The molecule has 2 fully saturated rings. The second-order valence-corrected chi connectivity index (χ2v) is 5.29. The van der Waals surface area contributed by atoms with Gasteiger partial charge in [-0.05, 0) is 56.4 Å². The summed E-state index contributed by atoms with van der Waals surface area (Å²) in [5, 5.41) is 0. The molecule has 0 heterocycles. The Hall–Kier alpha value is -0.0800. The van der Waals surface area contributed by atoms with Gasteiger partial charge in [-0.2, -0.15) is 0 Å². The van der Waals surface area contributed by atoms with E-state index in [9.17, 15) is 0 Å². The van der Waals surface area contributed by atoms with Gasteiger partial charge in [-0.15, -0.1) is 0 Å². The van der Waals surface area contributed by atoms with Gasteiger partial charge in [0.25, 0.3) is 0 Å². The molecule has 0 aromatic carbocycles. The van der Waals surface area contributed by atoms with Crippen molar-refractivity contribution in [3.63, 3.8) is 0 Å². The van der Waals surface area contributed by atoms with Crippen molar-refractivity contribution in [3.05, 3.63) is 0 Å². The summed E-state index contributed by atoms with van der Waals surface area (Å²) in [6.45, 7) is 0.823. The Kier molecular flexibility index (Phi) is 3.45. The van der Waals surface area contributed by atoms with E-state index in [1.54, 1.807) is 0 Å². The third kappa shape index (κ3) is 2.12. The molecule has 0 spiro atoms. The molecule has 82 valence electrons. The average molecular weight is 196 g/mol. The van der Waals surface area contributed by atoms with Gasteiger partial charge in [0.2, 0.25) is 0 Å². The fraction of sp³-hybridized carbons (Fsp3) is 1.00. The van der Waals surface area contributed by atoms with Crippen molar-refractivity contribution < 1.29 is 0 Å². The zero-order valence-electron chi connectivity index (χ0n) is 9.12. The number of hydrogen-bond acceptors (Lipinski definition) is 2. The van der Waals surface area contributed by atoms with Crippen molar-refractivity contribution in [2.24, 2.45) is 29.2 Å². The predicted molar refractivity (Wildman–Crippen MR) is 59.8 cm³/mol. The lowest BCUT2D eigenvalue weighted by Gasteiger charge is -2.27. The molecule has 0 aliphatic heterocycles. The lowest BCUT2D eigenvalue weighted by Crippen LogP contribution is -2.33. The predicted octanol–water partition coefficient (Wildman–Crippen LogP) is 1.88. The van der Waals surface area contributed by atoms with Crippen LogP contribution in [0.25, 0.3) is 0 Å². The van der Waals surface area contributed by atoms with Crippen LogP contribution in [0.3, 0.4) is 0 Å². The van der Waals surface area contributed by atoms with Gasteiger partial charge < -0.3 is 11.5 Å². The van der Waals surface area contributed by atoms with Crippen LogP contribution in [0, 0.1) is 17.8 Å². The topological polar surface area (TPSA) is 52.0 Å². The molecule has 0 radical (unpaired) electrons. The van der Waals surface area contributed by atoms with Crippen molar-refractivity contribution in [2.45, 2.75) is 51.0 Å². The average Bonchev–Trinajstić information content (AvgIpc) is 2.79. The minimum absolute atomic E-state index is 0.469. The first-order valence-electron chi connectivity index (χ1n) is 6.27. The van der Waals surface area contributed by atoms with E-state index in [1.807, 2.05) is 0 Å². The molecule has 0 amide bonds. The fourth-order valence-corrected chi connectivity index (χ4v) is 3.56. The molecule has 2 rings (SSSR count). The second kappa shape index (κ2) is 4.63. The monoisotopic (exact) mass is 196 g/mol. The van der Waals surface area contributed by atoms with Crippen molar-refractivity contribution >= 4 is 0 Å². The molecule has 2 bridgehead atoms. The lowest BCUT2D eigenvalue weighted by molar-refractivity contribution is 0.269. The molecule has 14 heavy (non-hydrogen) atoms. The molecule has 0 aromatic rings. The zero-order chi connectivity index (χ0) is 9.97. The lowest BCUT2D eigenvalue weighted by atomic mass is 9.82. The number of hydrogen-bond donors (Lipinski definition) is 2.